The summed E-state index contributed by atoms with van der Waals surface area (Å²) < 4.78 is 69.5. The van der Waals surface area contributed by atoms with Crippen molar-refractivity contribution in [2.45, 2.75) is 50.8 Å². The van der Waals surface area contributed by atoms with Crippen molar-refractivity contribution in [1.29, 1.82) is 0 Å². The Kier molecular flexibility index (Phi) is 9.24. The lowest BCUT2D eigenvalue weighted by Crippen LogP contribution is -2.41. The Hall–Kier alpha value is -0.470. The van der Waals surface area contributed by atoms with Gasteiger partial charge in [-0.15, -0.1) is 0 Å². The van der Waals surface area contributed by atoms with Crippen LogP contribution in [0.2, 0.25) is 0 Å². The van der Waals surface area contributed by atoms with Gasteiger partial charge >= 0.3 is 12.1 Å². The zero-order valence-corrected chi connectivity index (χ0v) is 11.4. The van der Waals surface area contributed by atoms with Crippen LogP contribution in [0.3, 0.4) is 0 Å². The number of aliphatic hydroxyl groups is 1. The third-order valence-corrected chi connectivity index (χ3v) is 2.46. The minimum absolute atomic E-state index is 0.149. The minimum Gasteiger partial charge on any atom is -0.388 e. The van der Waals surface area contributed by atoms with Gasteiger partial charge in [0.05, 0.1) is 13.2 Å². The Bertz CT molecular complexity index is 246. The van der Waals surface area contributed by atoms with Crippen LogP contribution in [0.5, 0.6) is 0 Å². The van der Waals surface area contributed by atoms with Crippen LogP contribution in [0.4, 0.5) is 22.0 Å². The molecule has 1 unspecified atom stereocenters. The lowest BCUT2D eigenvalue weighted by molar-refractivity contribution is -0.298. The molecule has 122 valence electrons. The second kappa shape index (κ2) is 9.46. The van der Waals surface area contributed by atoms with Gasteiger partial charge in [0.25, 0.3) is 0 Å². The van der Waals surface area contributed by atoms with E-state index in [9.17, 15) is 27.1 Å². The number of unbranched alkanes of at least 4 members (excludes halogenated alkanes) is 3. The molecule has 0 radical (unpaired) electrons. The van der Waals surface area contributed by atoms with Crippen molar-refractivity contribution < 1.29 is 36.5 Å². The van der Waals surface area contributed by atoms with Crippen LogP contribution in [0.25, 0.3) is 0 Å². The maximum Gasteiger partial charge on any atom is 0.455 e. The van der Waals surface area contributed by atoms with Crippen LogP contribution in [0.15, 0.2) is 0 Å². The van der Waals surface area contributed by atoms with Gasteiger partial charge in [0.15, 0.2) is 0 Å². The molecule has 0 aliphatic heterocycles. The Labute approximate surface area is 115 Å². The molecule has 1 atom stereocenters. The number of hydrogen-bond donors (Lipinski definition) is 1. The largest absolute Gasteiger partial charge is 0.455 e. The lowest BCUT2D eigenvalue weighted by atomic mass is 10.2. The van der Waals surface area contributed by atoms with Crippen molar-refractivity contribution in [3.63, 3.8) is 0 Å². The Morgan fingerprint density at radius 1 is 0.950 bits per heavy atom. The maximum atomic E-state index is 12.4. The average molecular weight is 308 g/mol. The fraction of sp³-hybridized carbons (Fsp3) is 1.00. The highest BCUT2D eigenvalue weighted by Crippen LogP contribution is 2.35. The van der Waals surface area contributed by atoms with Crippen LogP contribution in [-0.4, -0.2) is 49.7 Å². The van der Waals surface area contributed by atoms with Gasteiger partial charge in [-0.3, -0.25) is 0 Å². The van der Waals surface area contributed by atoms with E-state index >= 15 is 0 Å². The summed E-state index contributed by atoms with van der Waals surface area (Å²) in [4.78, 5) is 0. The third-order valence-electron chi connectivity index (χ3n) is 2.46. The molecule has 0 aliphatic rings. The van der Waals surface area contributed by atoms with E-state index in [1.807, 2.05) is 0 Å². The van der Waals surface area contributed by atoms with Gasteiger partial charge in [-0.2, -0.15) is 22.0 Å². The summed E-state index contributed by atoms with van der Waals surface area (Å²) in [6.45, 7) is -0.108. The van der Waals surface area contributed by atoms with Gasteiger partial charge in [0, 0.05) is 6.61 Å². The Balaban J connectivity index is 3.61. The quantitative estimate of drug-likeness (QED) is 0.471. The molecule has 0 bridgehead atoms. The first-order valence-electron chi connectivity index (χ1n) is 6.48. The van der Waals surface area contributed by atoms with E-state index in [2.05, 4.69) is 11.7 Å². The standard InChI is InChI=1S/C12H21F5O3/c1-2-3-4-5-6-19-7-10(18)8-20-9-11(13,14)12(15,16)17/h10,18H,2-9H2,1H3. The van der Waals surface area contributed by atoms with Crippen molar-refractivity contribution in [2.75, 3.05) is 26.4 Å². The molecule has 0 aromatic heterocycles. The zero-order valence-electron chi connectivity index (χ0n) is 11.4. The van der Waals surface area contributed by atoms with Crippen molar-refractivity contribution in [2.24, 2.45) is 0 Å². The third kappa shape index (κ3) is 8.65. The average Bonchev–Trinajstić information content (AvgIpc) is 2.32. The molecule has 0 aromatic carbocycles. The van der Waals surface area contributed by atoms with E-state index < -0.39 is 31.4 Å². The number of halogens is 5. The highest BCUT2D eigenvalue weighted by atomic mass is 19.4. The van der Waals surface area contributed by atoms with E-state index in [0.29, 0.717) is 6.61 Å². The molecule has 20 heavy (non-hydrogen) atoms. The maximum absolute atomic E-state index is 12.4. The van der Waals surface area contributed by atoms with Crippen LogP contribution in [0, 0.1) is 0 Å². The molecule has 0 aromatic rings. The van der Waals surface area contributed by atoms with Gasteiger partial charge in [-0.1, -0.05) is 26.2 Å². The van der Waals surface area contributed by atoms with Gasteiger partial charge < -0.3 is 14.6 Å². The molecule has 0 saturated heterocycles. The first kappa shape index (κ1) is 19.5. The van der Waals surface area contributed by atoms with Crippen LogP contribution in [0.1, 0.15) is 32.6 Å². The SMILES string of the molecule is CCCCCCOCC(O)COCC(F)(F)C(F)(F)F. The number of hydrogen-bond acceptors (Lipinski definition) is 3. The monoisotopic (exact) mass is 308 g/mol. The number of ether oxygens (including phenoxy) is 2. The molecular weight excluding hydrogens is 287 g/mol. The molecule has 1 N–H and O–H groups in total. The summed E-state index contributed by atoms with van der Waals surface area (Å²) in [5, 5.41) is 9.28. The summed E-state index contributed by atoms with van der Waals surface area (Å²) in [6, 6.07) is 0. The second-order valence-electron chi connectivity index (χ2n) is 4.51. The number of rotatable bonds is 11. The molecule has 0 amide bonds. The molecule has 0 aliphatic carbocycles. The highest BCUT2D eigenvalue weighted by Gasteiger charge is 2.57. The first-order valence-corrected chi connectivity index (χ1v) is 6.48. The van der Waals surface area contributed by atoms with Gasteiger partial charge in [0.2, 0.25) is 0 Å². The fourth-order valence-electron chi connectivity index (χ4n) is 1.30. The highest BCUT2D eigenvalue weighted by molar-refractivity contribution is 4.75. The van der Waals surface area contributed by atoms with Gasteiger partial charge in [-0.05, 0) is 6.42 Å². The number of aliphatic hydroxyl groups excluding tert-OH is 1. The molecular formula is C12H21F5O3. The Morgan fingerprint density at radius 3 is 2.10 bits per heavy atom. The summed E-state index contributed by atoms with van der Waals surface area (Å²) in [6.07, 6.45) is -2.92. The fourth-order valence-corrected chi connectivity index (χ4v) is 1.30. The number of alkyl halides is 5. The normalized spacial score (nSPS) is 14.6. The summed E-state index contributed by atoms with van der Waals surface area (Å²) in [7, 11) is 0. The van der Waals surface area contributed by atoms with E-state index in [4.69, 9.17) is 4.74 Å². The Morgan fingerprint density at radius 2 is 1.55 bits per heavy atom. The van der Waals surface area contributed by atoms with Crippen LogP contribution in [-0.2, 0) is 9.47 Å². The smallest absolute Gasteiger partial charge is 0.388 e. The van der Waals surface area contributed by atoms with E-state index in [-0.39, 0.29) is 6.61 Å². The molecule has 8 heteroatoms. The predicted molar refractivity (Wildman–Crippen MR) is 62.8 cm³/mol. The van der Waals surface area contributed by atoms with E-state index in [1.165, 1.54) is 0 Å². The van der Waals surface area contributed by atoms with E-state index in [0.717, 1.165) is 25.7 Å². The first-order chi connectivity index (χ1) is 9.20. The molecule has 3 nitrogen and oxygen atoms in total. The van der Waals surface area contributed by atoms with Gasteiger partial charge in [-0.25, -0.2) is 0 Å². The molecule has 0 spiro atoms. The predicted octanol–water partition coefficient (Wildman–Crippen LogP) is 3.16. The minimum atomic E-state index is -5.65. The van der Waals surface area contributed by atoms with E-state index in [1.54, 1.807) is 0 Å². The topological polar surface area (TPSA) is 38.7 Å². The van der Waals surface area contributed by atoms with Crippen molar-refractivity contribution in [3.8, 4) is 0 Å². The summed E-state index contributed by atoms with van der Waals surface area (Å²) in [5.74, 6) is -4.91. The summed E-state index contributed by atoms with van der Waals surface area (Å²) in [5.41, 5.74) is 0. The second-order valence-corrected chi connectivity index (χ2v) is 4.51. The van der Waals surface area contributed by atoms with Crippen molar-refractivity contribution in [3.05, 3.63) is 0 Å². The lowest BCUT2D eigenvalue weighted by Gasteiger charge is -2.20. The molecule has 0 rings (SSSR count). The van der Waals surface area contributed by atoms with Crippen LogP contribution >= 0.6 is 0 Å². The van der Waals surface area contributed by atoms with Crippen molar-refractivity contribution >= 4 is 0 Å². The molecule has 0 heterocycles. The van der Waals surface area contributed by atoms with Gasteiger partial charge in [0.1, 0.15) is 12.7 Å². The van der Waals surface area contributed by atoms with Crippen molar-refractivity contribution in [1.82, 2.24) is 0 Å². The van der Waals surface area contributed by atoms with Crippen LogP contribution < -0.4 is 0 Å². The molecule has 0 fully saturated rings. The molecule has 0 saturated carbocycles. The summed E-state index contributed by atoms with van der Waals surface area (Å²) >= 11 is 0. The zero-order chi connectivity index (χ0) is 15.6.